The van der Waals surface area contributed by atoms with E-state index in [1.54, 1.807) is 6.92 Å². The van der Waals surface area contributed by atoms with Gasteiger partial charge in [-0.05, 0) is 31.0 Å². The number of thiazole rings is 1. The van der Waals surface area contributed by atoms with Gasteiger partial charge in [0.2, 0.25) is 11.8 Å². The summed E-state index contributed by atoms with van der Waals surface area (Å²) >= 11 is 1.42. The summed E-state index contributed by atoms with van der Waals surface area (Å²) in [5, 5.41) is 5.39. The van der Waals surface area contributed by atoms with Gasteiger partial charge in [0, 0.05) is 35.5 Å². The minimum atomic E-state index is -0.0728. The number of nitrogens with one attached hydrogen (secondary N) is 1. The van der Waals surface area contributed by atoms with E-state index in [0.29, 0.717) is 5.13 Å². The molecule has 0 radical (unpaired) electrons. The first-order chi connectivity index (χ1) is 11.4. The molecule has 2 amide bonds. The maximum absolute atomic E-state index is 11.8. The van der Waals surface area contributed by atoms with Crippen LogP contribution >= 0.6 is 11.3 Å². The van der Waals surface area contributed by atoms with Crippen molar-refractivity contribution in [2.45, 2.75) is 40.2 Å². The molecule has 0 aliphatic carbocycles. The van der Waals surface area contributed by atoms with E-state index in [1.165, 1.54) is 11.3 Å². The molecule has 2 aromatic rings. The molecule has 24 heavy (non-hydrogen) atoms. The lowest BCUT2D eigenvalue weighted by Gasteiger charge is -2.20. The summed E-state index contributed by atoms with van der Waals surface area (Å²) in [6.07, 6.45) is 0.851. The Labute approximate surface area is 145 Å². The van der Waals surface area contributed by atoms with Crippen LogP contribution in [0, 0.1) is 5.92 Å². The Morgan fingerprint density at radius 3 is 2.79 bits per heavy atom. The number of fused-ring (bicyclic) bond motifs is 1. The molecule has 0 saturated heterocycles. The van der Waals surface area contributed by atoms with Crippen molar-refractivity contribution in [3.05, 3.63) is 29.1 Å². The van der Waals surface area contributed by atoms with Crippen LogP contribution in [-0.4, -0.2) is 22.8 Å². The number of rotatable bonds is 3. The topological polar surface area (TPSA) is 62.3 Å². The van der Waals surface area contributed by atoms with E-state index < -0.39 is 0 Å². The van der Waals surface area contributed by atoms with Gasteiger partial charge in [0.15, 0.2) is 5.13 Å². The van der Waals surface area contributed by atoms with Crippen LogP contribution in [0.25, 0.3) is 11.3 Å². The molecule has 1 unspecified atom stereocenters. The number of hydrogen-bond donors (Lipinski definition) is 1. The number of anilines is 2. The van der Waals surface area contributed by atoms with Crippen LogP contribution < -0.4 is 10.2 Å². The molecular formula is C18H21N3O2S. The Balaban J connectivity index is 1.85. The third-order valence-electron chi connectivity index (χ3n) is 4.19. The van der Waals surface area contributed by atoms with Gasteiger partial charge in [0.05, 0.1) is 5.69 Å². The number of hydrogen-bond acceptors (Lipinski definition) is 4. The first kappa shape index (κ1) is 16.6. The van der Waals surface area contributed by atoms with Gasteiger partial charge in [-0.15, -0.1) is 11.3 Å². The molecule has 0 bridgehead atoms. The van der Waals surface area contributed by atoms with Crippen LogP contribution in [-0.2, 0) is 16.0 Å². The zero-order chi connectivity index (χ0) is 17.4. The van der Waals surface area contributed by atoms with Crippen molar-refractivity contribution < 1.29 is 9.59 Å². The lowest BCUT2D eigenvalue weighted by molar-refractivity contribution is -0.119. The van der Waals surface area contributed by atoms with Crippen LogP contribution in [0.2, 0.25) is 0 Å². The molecule has 0 saturated carbocycles. The van der Waals surface area contributed by atoms with Crippen molar-refractivity contribution in [1.29, 1.82) is 0 Å². The quantitative estimate of drug-likeness (QED) is 0.924. The van der Waals surface area contributed by atoms with E-state index in [0.717, 1.165) is 28.9 Å². The molecule has 5 nitrogen and oxygen atoms in total. The number of nitrogens with zero attached hydrogens (tertiary/aromatic N) is 2. The van der Waals surface area contributed by atoms with Gasteiger partial charge >= 0.3 is 0 Å². The Morgan fingerprint density at radius 1 is 1.38 bits per heavy atom. The molecular weight excluding hydrogens is 322 g/mol. The van der Waals surface area contributed by atoms with Crippen LogP contribution in [0.3, 0.4) is 0 Å². The molecule has 1 aromatic carbocycles. The fourth-order valence-electron chi connectivity index (χ4n) is 2.98. The summed E-state index contributed by atoms with van der Waals surface area (Å²) in [6.45, 7) is 7.37. The molecule has 1 aliphatic rings. The van der Waals surface area contributed by atoms with Crippen LogP contribution in [0.1, 0.15) is 33.3 Å². The second-order valence-electron chi connectivity index (χ2n) is 6.47. The maximum atomic E-state index is 11.8. The lowest BCUT2D eigenvalue weighted by Crippen LogP contribution is -2.33. The van der Waals surface area contributed by atoms with Crippen LogP contribution in [0.4, 0.5) is 10.8 Å². The van der Waals surface area contributed by atoms with Crippen LogP contribution in [0.15, 0.2) is 23.6 Å². The van der Waals surface area contributed by atoms with E-state index in [1.807, 2.05) is 36.3 Å². The summed E-state index contributed by atoms with van der Waals surface area (Å²) in [7, 11) is 0. The summed E-state index contributed by atoms with van der Waals surface area (Å²) < 4.78 is 0. The second kappa shape index (κ2) is 6.36. The molecule has 0 spiro atoms. The fourth-order valence-corrected chi connectivity index (χ4v) is 3.71. The summed E-state index contributed by atoms with van der Waals surface area (Å²) in [5.74, 6) is -0.0338. The van der Waals surface area contributed by atoms with Crippen LogP contribution in [0.5, 0.6) is 0 Å². The Morgan fingerprint density at radius 2 is 2.12 bits per heavy atom. The van der Waals surface area contributed by atoms with E-state index in [4.69, 9.17) is 0 Å². The van der Waals surface area contributed by atoms with Gasteiger partial charge in [0.1, 0.15) is 0 Å². The number of aromatic nitrogens is 1. The average Bonchev–Trinajstić information content (AvgIpc) is 3.09. The third kappa shape index (κ3) is 3.06. The standard InChI is InChI=1S/C18H21N3O2S/c1-10(2)17(23)20-18-19-15(9-24-18)13-5-6-16-14(8-13)7-11(3)21(16)12(4)22/h5-6,8-11H,7H2,1-4H3,(H,19,20,23). The van der Waals surface area contributed by atoms with Gasteiger partial charge in [0.25, 0.3) is 0 Å². The molecule has 1 aromatic heterocycles. The highest BCUT2D eigenvalue weighted by Gasteiger charge is 2.29. The third-order valence-corrected chi connectivity index (χ3v) is 4.95. The molecule has 1 atom stereocenters. The normalized spacial score (nSPS) is 16.4. The largest absolute Gasteiger partial charge is 0.309 e. The lowest BCUT2D eigenvalue weighted by atomic mass is 10.1. The summed E-state index contributed by atoms with van der Waals surface area (Å²) in [4.78, 5) is 29.9. The monoisotopic (exact) mass is 343 g/mol. The zero-order valence-corrected chi connectivity index (χ0v) is 15.1. The SMILES string of the molecule is CC(=O)N1c2ccc(-c3csc(NC(=O)C(C)C)n3)cc2CC1C. The number of amides is 2. The highest BCUT2D eigenvalue weighted by atomic mass is 32.1. The van der Waals surface area contributed by atoms with Gasteiger partial charge in [-0.25, -0.2) is 4.98 Å². The van der Waals surface area contributed by atoms with Gasteiger partial charge < -0.3 is 10.2 Å². The summed E-state index contributed by atoms with van der Waals surface area (Å²) in [6, 6.07) is 6.25. The zero-order valence-electron chi connectivity index (χ0n) is 14.3. The van der Waals surface area contributed by atoms with Crippen molar-refractivity contribution in [2.24, 2.45) is 5.92 Å². The molecule has 126 valence electrons. The van der Waals surface area contributed by atoms with E-state index in [9.17, 15) is 9.59 Å². The first-order valence-corrected chi connectivity index (χ1v) is 8.94. The molecule has 3 rings (SSSR count). The van der Waals surface area contributed by atoms with Crippen molar-refractivity contribution in [3.63, 3.8) is 0 Å². The molecule has 2 heterocycles. The van der Waals surface area contributed by atoms with Crippen molar-refractivity contribution in [1.82, 2.24) is 4.98 Å². The van der Waals surface area contributed by atoms with Gasteiger partial charge in [-0.2, -0.15) is 0 Å². The minimum absolute atomic E-state index is 0.0317. The van der Waals surface area contributed by atoms with E-state index in [2.05, 4.69) is 23.3 Å². The molecule has 1 N–H and O–H groups in total. The smallest absolute Gasteiger partial charge is 0.228 e. The average molecular weight is 343 g/mol. The van der Waals surface area contributed by atoms with E-state index >= 15 is 0 Å². The van der Waals surface area contributed by atoms with E-state index in [-0.39, 0.29) is 23.8 Å². The van der Waals surface area contributed by atoms with Crippen molar-refractivity contribution >= 4 is 34.0 Å². The number of carbonyl (C=O) groups is 2. The Hall–Kier alpha value is -2.21. The molecule has 0 fully saturated rings. The van der Waals surface area contributed by atoms with Crippen molar-refractivity contribution in [2.75, 3.05) is 10.2 Å². The number of benzene rings is 1. The first-order valence-electron chi connectivity index (χ1n) is 8.06. The predicted molar refractivity (Wildman–Crippen MR) is 97.3 cm³/mol. The Kier molecular flexibility index (Phi) is 4.41. The number of carbonyl (C=O) groups excluding carboxylic acids is 2. The van der Waals surface area contributed by atoms with Gasteiger partial charge in [-0.1, -0.05) is 19.9 Å². The molecule has 6 heteroatoms. The Bertz CT molecular complexity index is 797. The highest BCUT2D eigenvalue weighted by molar-refractivity contribution is 7.14. The minimum Gasteiger partial charge on any atom is -0.309 e. The van der Waals surface area contributed by atoms with Gasteiger partial charge in [-0.3, -0.25) is 9.59 Å². The highest BCUT2D eigenvalue weighted by Crippen LogP contribution is 2.36. The maximum Gasteiger partial charge on any atom is 0.228 e. The fraction of sp³-hybridized carbons (Fsp3) is 0.389. The van der Waals surface area contributed by atoms with Crippen molar-refractivity contribution in [3.8, 4) is 11.3 Å². The molecule has 1 aliphatic heterocycles. The predicted octanol–water partition coefficient (Wildman–Crippen LogP) is 3.70. The summed E-state index contributed by atoms with van der Waals surface area (Å²) in [5.41, 5.74) is 4.00. The second-order valence-corrected chi connectivity index (χ2v) is 7.33.